The Morgan fingerprint density at radius 2 is 1.52 bits per heavy atom. The van der Waals surface area contributed by atoms with E-state index < -0.39 is 21.6 Å². The van der Waals surface area contributed by atoms with E-state index in [1.54, 1.807) is 12.5 Å². The van der Waals surface area contributed by atoms with E-state index in [9.17, 15) is 13.2 Å². The molecule has 0 amide bonds. The first-order valence-electron chi connectivity index (χ1n) is 7.68. The zero-order chi connectivity index (χ0) is 17.7. The second-order valence-corrected chi connectivity index (χ2v) is 8.46. The van der Waals surface area contributed by atoms with E-state index >= 15 is 0 Å². The molecule has 0 spiro atoms. The molecule has 0 aliphatic carbocycles. The zero-order valence-corrected chi connectivity index (χ0v) is 19.0. The molecular formula is C19H21O3S2W-. The molecule has 0 saturated carbocycles. The summed E-state index contributed by atoms with van der Waals surface area (Å²) < 4.78 is 23.2. The summed E-state index contributed by atoms with van der Waals surface area (Å²) in [5.41, 5.74) is 3.26. The maximum Gasteiger partial charge on any atom is 0.0498 e. The Morgan fingerprint density at radius 3 is 2.04 bits per heavy atom. The molecule has 2 aromatic rings. The van der Waals surface area contributed by atoms with Gasteiger partial charge in [0.15, 0.2) is 0 Å². The molecular weight excluding hydrogens is 524 g/mol. The minimum atomic E-state index is -1.05. The van der Waals surface area contributed by atoms with E-state index in [4.69, 9.17) is 0 Å². The van der Waals surface area contributed by atoms with Crippen molar-refractivity contribution >= 4 is 27.9 Å². The summed E-state index contributed by atoms with van der Waals surface area (Å²) in [5, 5.41) is 0. The topological polar surface area (TPSA) is 51.2 Å². The molecule has 0 heterocycles. The fourth-order valence-electron chi connectivity index (χ4n) is 2.71. The van der Waals surface area contributed by atoms with Gasteiger partial charge in [-0.2, -0.15) is 0 Å². The van der Waals surface area contributed by atoms with Crippen molar-refractivity contribution in [1.29, 1.82) is 0 Å². The summed E-state index contributed by atoms with van der Waals surface area (Å²) in [6, 6.07) is 13.5. The van der Waals surface area contributed by atoms with Crippen LogP contribution in [0.3, 0.4) is 0 Å². The molecule has 3 atom stereocenters. The van der Waals surface area contributed by atoms with Crippen molar-refractivity contribution < 1.29 is 34.3 Å². The Kier molecular flexibility index (Phi) is 9.12. The van der Waals surface area contributed by atoms with Gasteiger partial charge in [0.25, 0.3) is 0 Å². The number of hydrogen-bond acceptors (Lipinski definition) is 3. The molecule has 0 saturated heterocycles. The van der Waals surface area contributed by atoms with Gasteiger partial charge in [-0.1, -0.05) is 31.5 Å². The standard InChI is InChI=1S/C19H21O3S2.W/c1-14(15-6-8-17(9-7-15)23(2)21)19-11-10-18(24(3)22)13-16(19)5-4-12-20;/h6-11,13-14H,4-5H2,1-3H3;/q-1;. The fraction of sp³-hybridized carbons (Fsp3) is 0.316. The fourth-order valence-corrected chi connectivity index (χ4v) is 3.80. The SMILES string of the molecule is CC(c1ccc(S(C)=O)cc1)c1ccc(S(C)=O)cc1CC[C-]=O.[W]. The third-order valence-corrected chi connectivity index (χ3v) is 5.98. The van der Waals surface area contributed by atoms with Crippen LogP contribution in [0.1, 0.15) is 36.0 Å². The largest absolute Gasteiger partial charge is 0.542 e. The number of hydrogen-bond donors (Lipinski definition) is 0. The average molecular weight is 545 g/mol. The first kappa shape index (κ1) is 22.1. The number of aryl methyl sites for hydroxylation is 1. The predicted octanol–water partition coefficient (Wildman–Crippen LogP) is 3.35. The van der Waals surface area contributed by atoms with Gasteiger partial charge in [-0.3, -0.25) is 14.7 Å². The van der Waals surface area contributed by atoms with E-state index in [0.717, 1.165) is 26.5 Å². The Morgan fingerprint density at radius 1 is 0.960 bits per heavy atom. The van der Waals surface area contributed by atoms with Crippen molar-refractivity contribution in [3.8, 4) is 0 Å². The van der Waals surface area contributed by atoms with Gasteiger partial charge in [-0.05, 0) is 41.0 Å². The molecule has 3 unspecified atom stereocenters. The van der Waals surface area contributed by atoms with Gasteiger partial charge in [0.1, 0.15) is 0 Å². The maximum absolute atomic E-state index is 11.7. The molecule has 0 fully saturated rings. The second kappa shape index (κ2) is 10.3. The van der Waals surface area contributed by atoms with Crippen LogP contribution in [-0.2, 0) is 53.9 Å². The summed E-state index contributed by atoms with van der Waals surface area (Å²) in [4.78, 5) is 12.2. The number of carbonyl (C=O) groups excluding carboxylic acids is 1. The maximum atomic E-state index is 11.7. The van der Waals surface area contributed by atoms with E-state index in [2.05, 4.69) is 6.92 Å². The summed E-state index contributed by atoms with van der Waals surface area (Å²) >= 11 is 0. The predicted molar refractivity (Wildman–Crippen MR) is 99.1 cm³/mol. The molecule has 6 heteroatoms. The Balaban J connectivity index is 0.00000312. The van der Waals surface area contributed by atoms with Gasteiger partial charge in [-0.15, -0.1) is 6.42 Å². The van der Waals surface area contributed by atoms with Crippen molar-refractivity contribution in [2.24, 2.45) is 0 Å². The van der Waals surface area contributed by atoms with Crippen molar-refractivity contribution in [2.75, 3.05) is 12.5 Å². The molecule has 0 radical (unpaired) electrons. The van der Waals surface area contributed by atoms with Crippen molar-refractivity contribution in [3.05, 3.63) is 59.2 Å². The Labute approximate surface area is 168 Å². The van der Waals surface area contributed by atoms with E-state index in [1.165, 1.54) is 0 Å². The molecule has 25 heavy (non-hydrogen) atoms. The molecule has 0 N–H and O–H groups in total. The smallest absolute Gasteiger partial charge is 0.0498 e. The first-order chi connectivity index (χ1) is 11.4. The van der Waals surface area contributed by atoms with E-state index in [-0.39, 0.29) is 27.0 Å². The minimum absolute atomic E-state index is 0. The van der Waals surface area contributed by atoms with Crippen molar-refractivity contribution in [3.63, 3.8) is 0 Å². The van der Waals surface area contributed by atoms with Crippen molar-refractivity contribution in [2.45, 2.75) is 35.5 Å². The third kappa shape index (κ3) is 5.80. The minimum Gasteiger partial charge on any atom is -0.542 e. The summed E-state index contributed by atoms with van der Waals surface area (Å²) in [6.45, 7) is 2.10. The van der Waals surface area contributed by atoms with Crippen LogP contribution < -0.4 is 0 Å². The van der Waals surface area contributed by atoms with Crippen LogP contribution in [0.25, 0.3) is 0 Å². The zero-order valence-electron chi connectivity index (χ0n) is 14.5. The average Bonchev–Trinajstić information content (AvgIpc) is 2.59. The van der Waals surface area contributed by atoms with Crippen LogP contribution in [-0.4, -0.2) is 27.2 Å². The van der Waals surface area contributed by atoms with Gasteiger partial charge < -0.3 is 4.79 Å². The van der Waals surface area contributed by atoms with Crippen LogP contribution in [0.5, 0.6) is 0 Å². The van der Waals surface area contributed by atoms with E-state index in [1.807, 2.05) is 48.8 Å². The van der Waals surface area contributed by atoms with Gasteiger partial charge in [-0.25, -0.2) is 0 Å². The third-order valence-electron chi connectivity index (χ3n) is 4.12. The molecule has 2 rings (SSSR count). The van der Waals surface area contributed by atoms with E-state index in [0.29, 0.717) is 12.8 Å². The first-order valence-corrected chi connectivity index (χ1v) is 10.8. The summed E-state index contributed by atoms with van der Waals surface area (Å²) in [5.74, 6) is 0.130. The normalized spacial score (nSPS) is 14.2. The number of benzene rings is 2. The molecule has 134 valence electrons. The summed E-state index contributed by atoms with van der Waals surface area (Å²) in [7, 11) is -2.04. The molecule has 3 nitrogen and oxygen atoms in total. The summed E-state index contributed by atoms with van der Waals surface area (Å²) in [6.07, 6.45) is 6.16. The molecule has 0 aliphatic heterocycles. The monoisotopic (exact) mass is 545 g/mol. The van der Waals surface area contributed by atoms with Crippen molar-refractivity contribution in [1.82, 2.24) is 0 Å². The van der Waals surface area contributed by atoms with Gasteiger partial charge in [0.2, 0.25) is 0 Å². The molecule has 0 aliphatic rings. The molecule has 0 aromatic heterocycles. The van der Waals surface area contributed by atoms with Gasteiger partial charge >= 0.3 is 0 Å². The van der Waals surface area contributed by atoms with Crippen LogP contribution >= 0.6 is 0 Å². The quantitative estimate of drug-likeness (QED) is 0.502. The van der Waals surface area contributed by atoms with Crippen LogP contribution in [0.4, 0.5) is 0 Å². The second-order valence-electron chi connectivity index (χ2n) is 5.70. The van der Waals surface area contributed by atoms with Gasteiger partial charge in [0, 0.05) is 70.9 Å². The molecule has 0 bridgehead atoms. The van der Waals surface area contributed by atoms with Crippen LogP contribution in [0.2, 0.25) is 0 Å². The van der Waals surface area contributed by atoms with Crippen LogP contribution in [0.15, 0.2) is 52.3 Å². The Bertz CT molecular complexity index is 773. The molecule has 2 aromatic carbocycles. The Hall–Kier alpha value is -0.902. The number of rotatable bonds is 7. The van der Waals surface area contributed by atoms with Crippen LogP contribution in [0, 0.1) is 0 Å². The van der Waals surface area contributed by atoms with Gasteiger partial charge in [0.05, 0.1) is 0 Å².